The third-order valence-corrected chi connectivity index (χ3v) is 5.31. The standard InChI is InChI=1S/C17H14N4O2S2/c1-23-13-4-2-11(3-5-13)16-20-14(10-25-16)15(22)18-8-12-9-21-6-7-24-17(21)19-12/h2-7,9-10H,8H2,1H3,(H,18,22). The third kappa shape index (κ3) is 3.26. The summed E-state index contributed by atoms with van der Waals surface area (Å²) in [4.78, 5) is 22.1. The molecule has 0 unspecified atom stereocenters. The fraction of sp³-hybridized carbons (Fsp3) is 0.118. The van der Waals surface area contributed by atoms with Crippen LogP contribution in [0.4, 0.5) is 0 Å². The van der Waals surface area contributed by atoms with Gasteiger partial charge in [0.1, 0.15) is 16.5 Å². The lowest BCUT2D eigenvalue weighted by Crippen LogP contribution is -2.23. The molecular weight excluding hydrogens is 356 g/mol. The van der Waals surface area contributed by atoms with Gasteiger partial charge in [0.25, 0.3) is 5.91 Å². The molecule has 0 saturated carbocycles. The lowest BCUT2D eigenvalue weighted by atomic mass is 10.2. The summed E-state index contributed by atoms with van der Waals surface area (Å²) in [7, 11) is 1.63. The van der Waals surface area contributed by atoms with Crippen molar-refractivity contribution in [3.63, 3.8) is 0 Å². The number of nitrogens with zero attached hydrogens (tertiary/aromatic N) is 3. The van der Waals surface area contributed by atoms with E-state index in [0.29, 0.717) is 12.2 Å². The van der Waals surface area contributed by atoms with Crippen LogP contribution in [0.3, 0.4) is 0 Å². The number of hydrogen-bond acceptors (Lipinski definition) is 6. The van der Waals surface area contributed by atoms with E-state index < -0.39 is 0 Å². The second kappa shape index (κ2) is 6.66. The van der Waals surface area contributed by atoms with Crippen molar-refractivity contribution in [3.05, 3.63) is 58.8 Å². The van der Waals surface area contributed by atoms with Gasteiger partial charge in [-0.3, -0.25) is 9.20 Å². The Kier molecular flexibility index (Phi) is 4.21. The average molecular weight is 370 g/mol. The van der Waals surface area contributed by atoms with Gasteiger partial charge in [0.15, 0.2) is 4.96 Å². The average Bonchev–Trinajstić information content (AvgIpc) is 3.35. The zero-order valence-electron chi connectivity index (χ0n) is 13.3. The van der Waals surface area contributed by atoms with Crippen LogP contribution < -0.4 is 10.1 Å². The van der Waals surface area contributed by atoms with E-state index in [0.717, 1.165) is 27.0 Å². The number of fused-ring (bicyclic) bond motifs is 1. The van der Waals surface area contributed by atoms with Gasteiger partial charge in [0.2, 0.25) is 0 Å². The van der Waals surface area contributed by atoms with Gasteiger partial charge >= 0.3 is 0 Å². The van der Waals surface area contributed by atoms with E-state index in [1.54, 1.807) is 23.8 Å². The van der Waals surface area contributed by atoms with E-state index in [9.17, 15) is 4.79 Å². The molecule has 4 rings (SSSR count). The Bertz CT molecular complexity index is 988. The van der Waals surface area contributed by atoms with E-state index >= 15 is 0 Å². The fourth-order valence-electron chi connectivity index (χ4n) is 2.37. The molecule has 126 valence electrons. The van der Waals surface area contributed by atoms with Crippen LogP contribution in [0.2, 0.25) is 0 Å². The molecule has 0 aliphatic rings. The first kappa shape index (κ1) is 15.8. The third-order valence-electron chi connectivity index (χ3n) is 3.65. The molecule has 0 aliphatic heterocycles. The first-order chi connectivity index (χ1) is 12.2. The van der Waals surface area contributed by atoms with Crippen molar-refractivity contribution in [1.82, 2.24) is 19.7 Å². The highest BCUT2D eigenvalue weighted by molar-refractivity contribution is 7.15. The van der Waals surface area contributed by atoms with Crippen LogP contribution in [-0.4, -0.2) is 27.4 Å². The number of ether oxygens (including phenoxy) is 1. The van der Waals surface area contributed by atoms with Crippen molar-refractivity contribution in [2.24, 2.45) is 0 Å². The van der Waals surface area contributed by atoms with Crippen molar-refractivity contribution < 1.29 is 9.53 Å². The van der Waals surface area contributed by atoms with Crippen molar-refractivity contribution >= 4 is 33.5 Å². The van der Waals surface area contributed by atoms with Crippen LogP contribution in [-0.2, 0) is 6.54 Å². The number of thiazole rings is 2. The molecular formula is C17H14N4O2S2. The molecule has 8 heteroatoms. The molecule has 0 fully saturated rings. The molecule has 4 aromatic rings. The number of hydrogen-bond donors (Lipinski definition) is 1. The molecule has 1 aromatic carbocycles. The Morgan fingerprint density at radius 3 is 2.84 bits per heavy atom. The lowest BCUT2D eigenvalue weighted by molar-refractivity contribution is 0.0946. The number of amides is 1. The monoisotopic (exact) mass is 370 g/mol. The largest absolute Gasteiger partial charge is 0.497 e. The molecule has 0 aliphatic carbocycles. The quantitative estimate of drug-likeness (QED) is 0.584. The lowest BCUT2D eigenvalue weighted by Gasteiger charge is -2.01. The van der Waals surface area contributed by atoms with Crippen molar-refractivity contribution in [3.8, 4) is 16.3 Å². The zero-order valence-corrected chi connectivity index (χ0v) is 14.9. The maximum absolute atomic E-state index is 12.3. The van der Waals surface area contributed by atoms with Crippen LogP contribution in [0, 0.1) is 0 Å². The van der Waals surface area contributed by atoms with Crippen LogP contribution in [0.1, 0.15) is 16.2 Å². The minimum Gasteiger partial charge on any atom is -0.497 e. The first-order valence-electron chi connectivity index (χ1n) is 7.52. The molecule has 3 heterocycles. The number of imidazole rings is 1. The number of rotatable bonds is 5. The van der Waals surface area contributed by atoms with Crippen LogP contribution in [0.5, 0.6) is 5.75 Å². The Balaban J connectivity index is 1.43. The van der Waals surface area contributed by atoms with Gasteiger partial charge in [-0.05, 0) is 24.3 Å². The molecule has 6 nitrogen and oxygen atoms in total. The number of benzene rings is 1. The first-order valence-corrected chi connectivity index (χ1v) is 9.28. The number of carbonyl (C=O) groups is 1. The minimum atomic E-state index is -0.202. The van der Waals surface area contributed by atoms with Crippen LogP contribution >= 0.6 is 22.7 Å². The van der Waals surface area contributed by atoms with Gasteiger partial charge < -0.3 is 10.1 Å². The van der Waals surface area contributed by atoms with Gasteiger partial charge in [-0.2, -0.15) is 0 Å². The van der Waals surface area contributed by atoms with Gasteiger partial charge in [0.05, 0.1) is 19.3 Å². The fourth-order valence-corrected chi connectivity index (χ4v) is 3.89. The second-order valence-corrected chi connectivity index (χ2v) is 7.01. The molecule has 0 spiro atoms. The summed E-state index contributed by atoms with van der Waals surface area (Å²) in [6, 6.07) is 7.61. The van der Waals surface area contributed by atoms with E-state index in [2.05, 4.69) is 15.3 Å². The molecule has 25 heavy (non-hydrogen) atoms. The summed E-state index contributed by atoms with van der Waals surface area (Å²) in [5.74, 6) is 0.589. The van der Waals surface area contributed by atoms with E-state index in [4.69, 9.17) is 4.74 Å². The normalized spacial score (nSPS) is 10.9. The summed E-state index contributed by atoms with van der Waals surface area (Å²) in [6.07, 6.45) is 3.86. The maximum atomic E-state index is 12.3. The van der Waals surface area contributed by atoms with E-state index in [1.165, 1.54) is 11.3 Å². The Labute approximate surface area is 151 Å². The summed E-state index contributed by atoms with van der Waals surface area (Å²) in [5.41, 5.74) is 2.20. The summed E-state index contributed by atoms with van der Waals surface area (Å²) >= 11 is 3.00. The molecule has 3 aromatic heterocycles. The van der Waals surface area contributed by atoms with Gasteiger partial charge in [0, 0.05) is 28.7 Å². The molecule has 0 atom stereocenters. The SMILES string of the molecule is COc1ccc(-c2nc(C(=O)NCc3cn4ccsc4n3)cs2)cc1. The number of methoxy groups -OCH3 is 1. The summed E-state index contributed by atoms with van der Waals surface area (Å²) < 4.78 is 7.09. The Morgan fingerprint density at radius 2 is 2.08 bits per heavy atom. The minimum absolute atomic E-state index is 0.202. The van der Waals surface area contributed by atoms with E-state index in [1.807, 2.05) is 46.4 Å². The maximum Gasteiger partial charge on any atom is 0.271 e. The van der Waals surface area contributed by atoms with Crippen LogP contribution in [0.25, 0.3) is 15.5 Å². The number of nitrogens with one attached hydrogen (secondary N) is 1. The van der Waals surface area contributed by atoms with Gasteiger partial charge in [-0.1, -0.05) is 0 Å². The van der Waals surface area contributed by atoms with Crippen molar-refractivity contribution in [2.45, 2.75) is 6.54 Å². The summed E-state index contributed by atoms with van der Waals surface area (Å²) in [6.45, 7) is 0.378. The highest BCUT2D eigenvalue weighted by Gasteiger charge is 2.12. The molecule has 1 amide bonds. The highest BCUT2D eigenvalue weighted by atomic mass is 32.1. The van der Waals surface area contributed by atoms with Gasteiger partial charge in [-0.15, -0.1) is 22.7 Å². The molecule has 1 N–H and O–H groups in total. The highest BCUT2D eigenvalue weighted by Crippen LogP contribution is 2.25. The molecule has 0 radical (unpaired) electrons. The molecule has 0 bridgehead atoms. The predicted octanol–water partition coefficient (Wildman–Crippen LogP) is 3.46. The van der Waals surface area contributed by atoms with E-state index in [-0.39, 0.29) is 5.91 Å². The Hall–Kier alpha value is -2.71. The van der Waals surface area contributed by atoms with Crippen LogP contribution in [0.15, 0.2) is 47.4 Å². The van der Waals surface area contributed by atoms with Gasteiger partial charge in [-0.25, -0.2) is 9.97 Å². The molecule has 0 saturated heterocycles. The topological polar surface area (TPSA) is 68.5 Å². The smallest absolute Gasteiger partial charge is 0.271 e. The second-order valence-electron chi connectivity index (χ2n) is 5.27. The zero-order chi connectivity index (χ0) is 17.2. The summed E-state index contributed by atoms with van der Waals surface area (Å²) in [5, 5.41) is 7.40. The number of carbonyl (C=O) groups excluding carboxylic acids is 1. The number of aromatic nitrogens is 3. The predicted molar refractivity (Wildman–Crippen MR) is 98.3 cm³/mol. The van der Waals surface area contributed by atoms with Crippen molar-refractivity contribution in [2.75, 3.05) is 7.11 Å². The van der Waals surface area contributed by atoms with Crippen molar-refractivity contribution in [1.29, 1.82) is 0 Å². The Morgan fingerprint density at radius 1 is 1.24 bits per heavy atom.